The molecule has 0 unspecified atom stereocenters. The second-order valence-electron chi connectivity index (χ2n) is 7.20. The van der Waals surface area contributed by atoms with Crippen LogP contribution in [0, 0.1) is 0 Å². The predicted octanol–water partition coefficient (Wildman–Crippen LogP) is 2.30. The molecular weight excluding hydrogens is 496 g/mol. The Labute approximate surface area is 203 Å². The molecule has 3 aromatic rings. The molecule has 35 heavy (non-hydrogen) atoms. The van der Waals surface area contributed by atoms with E-state index in [1.807, 2.05) is 0 Å². The predicted molar refractivity (Wildman–Crippen MR) is 132 cm³/mol. The number of nitrogens with zero attached hydrogens (tertiary/aromatic N) is 2. The zero-order valence-electron chi connectivity index (χ0n) is 19.1. The van der Waals surface area contributed by atoms with Crippen LogP contribution in [0.1, 0.15) is 0 Å². The fourth-order valence-corrected chi connectivity index (χ4v) is 4.91. The van der Waals surface area contributed by atoms with Crippen LogP contribution < -0.4 is 23.8 Å². The molecule has 0 bridgehead atoms. The number of rotatable bonds is 10. The molecule has 2 N–H and O–H groups in total. The van der Waals surface area contributed by atoms with Gasteiger partial charge < -0.3 is 14.8 Å². The summed E-state index contributed by atoms with van der Waals surface area (Å²) in [6.07, 6.45) is 2.43. The summed E-state index contributed by atoms with van der Waals surface area (Å²) in [7, 11) is -4.91. The minimum atomic E-state index is -3.88. The first-order chi connectivity index (χ1) is 16.5. The van der Waals surface area contributed by atoms with E-state index >= 15 is 0 Å². The Balaban J connectivity index is 1.75. The Morgan fingerprint density at radius 1 is 0.971 bits per heavy atom. The summed E-state index contributed by atoms with van der Waals surface area (Å²) in [6.45, 7) is -0.539. The van der Waals surface area contributed by atoms with Crippen molar-refractivity contribution >= 4 is 43.1 Å². The molecule has 0 saturated heterocycles. The Morgan fingerprint density at radius 2 is 1.69 bits per heavy atom. The molecule has 11 nitrogen and oxygen atoms in total. The third-order valence-electron chi connectivity index (χ3n) is 4.70. The molecule has 3 rings (SSSR count). The number of carbonyl (C=O) groups excluding carboxylic acids is 1. The molecule has 13 heteroatoms. The van der Waals surface area contributed by atoms with Crippen LogP contribution in [0.15, 0.2) is 71.8 Å². The van der Waals surface area contributed by atoms with Gasteiger partial charge in [-0.1, -0.05) is 6.07 Å². The molecule has 0 saturated carbocycles. The minimum Gasteiger partial charge on any atom is -0.497 e. The molecule has 1 amide bonds. The van der Waals surface area contributed by atoms with Gasteiger partial charge in [-0.2, -0.15) is 0 Å². The van der Waals surface area contributed by atoms with Gasteiger partial charge in [-0.05, 0) is 48.5 Å². The maximum atomic E-state index is 12.7. The number of ether oxygens (including phenoxy) is 2. The van der Waals surface area contributed by atoms with Crippen LogP contribution >= 0.6 is 0 Å². The number of carbonyl (C=O) groups is 1. The SMILES string of the molecule is COc1ccc(N(CC(=O)Nc2ccc(S(=O)(=O)Nc3ccccn3)cc2)S(C)(=O)=O)c(OC)c1. The standard InChI is InChI=1S/C22H24N4O7S2/c1-32-17-9-12-19(20(14-17)33-2)26(34(3,28)29)15-22(27)24-16-7-10-18(11-8-16)35(30,31)25-21-6-4-5-13-23-21/h4-14H,15H2,1-3H3,(H,23,25)(H,24,27). The van der Waals surface area contributed by atoms with Crippen molar-refractivity contribution in [2.75, 3.05) is 41.4 Å². The number of aromatic nitrogens is 1. The smallest absolute Gasteiger partial charge is 0.263 e. The number of pyridine rings is 1. The largest absolute Gasteiger partial charge is 0.497 e. The summed E-state index contributed by atoms with van der Waals surface area (Å²) >= 11 is 0. The summed E-state index contributed by atoms with van der Waals surface area (Å²) in [4.78, 5) is 16.6. The highest BCUT2D eigenvalue weighted by Gasteiger charge is 2.24. The fourth-order valence-electron chi connectivity index (χ4n) is 3.04. The van der Waals surface area contributed by atoms with Gasteiger partial charge in [0.25, 0.3) is 10.0 Å². The summed E-state index contributed by atoms with van der Waals surface area (Å²) in [5.74, 6) is 0.184. The molecule has 186 valence electrons. The van der Waals surface area contributed by atoms with Crippen molar-refractivity contribution in [2.24, 2.45) is 0 Å². The van der Waals surface area contributed by atoms with Gasteiger partial charge in [0, 0.05) is 18.0 Å². The van der Waals surface area contributed by atoms with Crippen molar-refractivity contribution in [3.8, 4) is 11.5 Å². The zero-order chi connectivity index (χ0) is 25.6. The lowest BCUT2D eigenvalue weighted by atomic mass is 10.2. The summed E-state index contributed by atoms with van der Waals surface area (Å²) in [6, 6.07) is 14.7. The van der Waals surface area contributed by atoms with Crippen LogP contribution in [-0.4, -0.2) is 54.7 Å². The number of anilines is 3. The number of sulfonamides is 2. The fraction of sp³-hybridized carbons (Fsp3) is 0.182. The van der Waals surface area contributed by atoms with Crippen molar-refractivity contribution in [3.63, 3.8) is 0 Å². The van der Waals surface area contributed by atoms with E-state index in [0.717, 1.165) is 10.6 Å². The van der Waals surface area contributed by atoms with Crippen molar-refractivity contribution in [1.82, 2.24) is 4.98 Å². The Hall–Kier alpha value is -3.84. The van der Waals surface area contributed by atoms with E-state index in [1.54, 1.807) is 18.2 Å². The van der Waals surface area contributed by atoms with E-state index in [1.165, 1.54) is 62.9 Å². The monoisotopic (exact) mass is 520 g/mol. The van der Waals surface area contributed by atoms with Gasteiger partial charge in [-0.3, -0.25) is 13.8 Å². The number of benzene rings is 2. The van der Waals surface area contributed by atoms with Gasteiger partial charge in [0.2, 0.25) is 15.9 Å². The van der Waals surface area contributed by atoms with Crippen LogP contribution in [0.3, 0.4) is 0 Å². The Bertz CT molecular complexity index is 1400. The van der Waals surface area contributed by atoms with Gasteiger partial charge >= 0.3 is 0 Å². The van der Waals surface area contributed by atoms with Gasteiger partial charge in [-0.15, -0.1) is 0 Å². The highest BCUT2D eigenvalue weighted by molar-refractivity contribution is 7.92. The third-order valence-corrected chi connectivity index (χ3v) is 7.19. The van der Waals surface area contributed by atoms with Gasteiger partial charge in [0.05, 0.1) is 31.1 Å². The normalized spacial score (nSPS) is 11.4. The van der Waals surface area contributed by atoms with Gasteiger partial charge in [-0.25, -0.2) is 21.8 Å². The molecule has 0 spiro atoms. The van der Waals surface area contributed by atoms with Crippen LogP contribution in [0.5, 0.6) is 11.5 Å². The van der Waals surface area contributed by atoms with Gasteiger partial charge in [0.1, 0.15) is 23.9 Å². The first-order valence-corrected chi connectivity index (χ1v) is 13.4. The molecule has 0 fully saturated rings. The summed E-state index contributed by atoms with van der Waals surface area (Å²) in [5, 5.41) is 2.56. The number of nitrogens with one attached hydrogen (secondary N) is 2. The molecule has 1 heterocycles. The van der Waals surface area contributed by atoms with Crippen LogP contribution in [0.2, 0.25) is 0 Å². The maximum Gasteiger partial charge on any atom is 0.263 e. The highest BCUT2D eigenvalue weighted by atomic mass is 32.2. The average molecular weight is 521 g/mol. The van der Waals surface area contributed by atoms with E-state index < -0.39 is 32.5 Å². The molecule has 2 aromatic carbocycles. The second-order valence-corrected chi connectivity index (χ2v) is 10.8. The average Bonchev–Trinajstić information content (AvgIpc) is 2.82. The molecule has 0 radical (unpaired) electrons. The molecular formula is C22H24N4O7S2. The van der Waals surface area contributed by atoms with Crippen LogP contribution in [0.4, 0.5) is 17.2 Å². The first-order valence-electron chi connectivity index (χ1n) is 10.1. The maximum absolute atomic E-state index is 12.7. The lowest BCUT2D eigenvalue weighted by molar-refractivity contribution is -0.114. The Kier molecular flexibility index (Phi) is 7.82. The number of hydrogen-bond donors (Lipinski definition) is 2. The van der Waals surface area contributed by atoms with E-state index in [0.29, 0.717) is 5.75 Å². The van der Waals surface area contributed by atoms with E-state index in [4.69, 9.17) is 9.47 Å². The van der Waals surface area contributed by atoms with E-state index in [-0.39, 0.29) is 27.8 Å². The quantitative estimate of drug-likeness (QED) is 0.414. The van der Waals surface area contributed by atoms with E-state index in [9.17, 15) is 21.6 Å². The Morgan fingerprint density at radius 3 is 2.26 bits per heavy atom. The highest BCUT2D eigenvalue weighted by Crippen LogP contribution is 2.33. The van der Waals surface area contributed by atoms with Crippen molar-refractivity contribution in [2.45, 2.75) is 4.90 Å². The lowest BCUT2D eigenvalue weighted by Crippen LogP contribution is -2.37. The number of methoxy groups -OCH3 is 2. The van der Waals surface area contributed by atoms with Crippen LogP contribution in [0.25, 0.3) is 0 Å². The molecule has 0 atom stereocenters. The van der Waals surface area contributed by atoms with Crippen molar-refractivity contribution in [3.05, 3.63) is 66.9 Å². The van der Waals surface area contributed by atoms with Crippen molar-refractivity contribution < 1.29 is 31.1 Å². The van der Waals surface area contributed by atoms with Crippen molar-refractivity contribution in [1.29, 1.82) is 0 Å². The first kappa shape index (κ1) is 25.8. The number of amides is 1. The van der Waals surface area contributed by atoms with Gasteiger partial charge in [0.15, 0.2) is 0 Å². The molecule has 0 aliphatic carbocycles. The topological polar surface area (TPSA) is 144 Å². The van der Waals surface area contributed by atoms with Crippen LogP contribution in [-0.2, 0) is 24.8 Å². The lowest BCUT2D eigenvalue weighted by Gasteiger charge is -2.24. The molecule has 1 aromatic heterocycles. The zero-order valence-corrected chi connectivity index (χ0v) is 20.8. The summed E-state index contributed by atoms with van der Waals surface area (Å²) < 4.78 is 63.5. The second kappa shape index (κ2) is 10.6. The van der Waals surface area contributed by atoms with E-state index in [2.05, 4.69) is 15.0 Å². The molecule has 0 aliphatic rings. The summed E-state index contributed by atoms with van der Waals surface area (Å²) in [5.41, 5.74) is 0.440. The third kappa shape index (κ3) is 6.61. The minimum absolute atomic E-state index is 0.0399. The number of hydrogen-bond acceptors (Lipinski definition) is 8. The molecule has 0 aliphatic heterocycles.